The van der Waals surface area contributed by atoms with Crippen LogP contribution in [0.2, 0.25) is 0 Å². The molecule has 0 aliphatic carbocycles. The van der Waals surface area contributed by atoms with Gasteiger partial charge in [-0.1, -0.05) is 0 Å². The number of nitrogens with zero attached hydrogens (tertiary/aromatic N) is 1. The molecule has 0 amide bonds. The van der Waals surface area contributed by atoms with E-state index >= 15 is 0 Å². The van der Waals surface area contributed by atoms with Crippen molar-refractivity contribution >= 4 is 11.3 Å². The van der Waals surface area contributed by atoms with E-state index < -0.39 is 0 Å². The molecule has 0 unspecified atom stereocenters. The fraction of sp³-hybridized carbons (Fsp3) is 0.357. The summed E-state index contributed by atoms with van der Waals surface area (Å²) in [5.74, 6) is -0.228. The van der Waals surface area contributed by atoms with Gasteiger partial charge < -0.3 is 10.1 Å². The van der Waals surface area contributed by atoms with Crippen molar-refractivity contribution in [2.75, 3.05) is 14.2 Å². The number of aromatic nitrogens is 1. The summed E-state index contributed by atoms with van der Waals surface area (Å²) in [6.45, 7) is 3.09. The zero-order valence-corrected chi connectivity index (χ0v) is 12.1. The second-order valence-corrected chi connectivity index (χ2v) is 5.45. The van der Waals surface area contributed by atoms with Gasteiger partial charge in [0.1, 0.15) is 10.8 Å². The second kappa shape index (κ2) is 6.23. The highest BCUT2D eigenvalue weighted by Crippen LogP contribution is 2.29. The summed E-state index contributed by atoms with van der Waals surface area (Å²) < 4.78 is 18.6. The van der Waals surface area contributed by atoms with Crippen LogP contribution in [0, 0.1) is 12.7 Å². The predicted molar refractivity (Wildman–Crippen MR) is 75.7 cm³/mol. The van der Waals surface area contributed by atoms with Gasteiger partial charge in [-0.25, -0.2) is 9.37 Å². The minimum absolute atomic E-state index is 0.228. The summed E-state index contributed by atoms with van der Waals surface area (Å²) in [7, 11) is 3.54. The Bertz CT molecular complexity index is 525. The molecule has 0 aliphatic rings. The van der Waals surface area contributed by atoms with Crippen LogP contribution in [-0.2, 0) is 17.9 Å². The molecule has 3 nitrogen and oxygen atoms in total. The van der Waals surface area contributed by atoms with Crippen LogP contribution in [0.25, 0.3) is 10.6 Å². The number of nitrogens with one attached hydrogen (secondary N) is 1. The number of hydrogen-bond donors (Lipinski definition) is 1. The van der Waals surface area contributed by atoms with E-state index in [1.165, 1.54) is 12.1 Å². The maximum Gasteiger partial charge on any atom is 0.124 e. The number of halogens is 1. The zero-order valence-electron chi connectivity index (χ0n) is 11.3. The normalized spacial score (nSPS) is 10.9. The first-order chi connectivity index (χ1) is 9.13. The topological polar surface area (TPSA) is 34.2 Å². The van der Waals surface area contributed by atoms with E-state index in [2.05, 4.69) is 10.3 Å². The largest absolute Gasteiger partial charge is 0.378 e. The average Bonchev–Trinajstić information content (AvgIpc) is 2.72. The number of benzene rings is 1. The molecular weight excluding hydrogens is 263 g/mol. The van der Waals surface area contributed by atoms with E-state index in [0.29, 0.717) is 6.61 Å². The van der Waals surface area contributed by atoms with Crippen LogP contribution >= 0.6 is 11.3 Å². The average molecular weight is 280 g/mol. The number of rotatable bonds is 5. The second-order valence-electron chi connectivity index (χ2n) is 4.37. The van der Waals surface area contributed by atoms with Crippen LogP contribution in [-0.4, -0.2) is 19.1 Å². The molecule has 0 fully saturated rings. The summed E-state index contributed by atoms with van der Waals surface area (Å²) in [5, 5.41) is 3.94. The predicted octanol–water partition coefficient (Wildman–Crippen LogP) is 3.12. The number of thiazole rings is 1. The molecule has 2 rings (SSSR count). The first-order valence-electron chi connectivity index (χ1n) is 6.03. The number of ether oxygens (including phenoxy) is 1. The maximum atomic E-state index is 13.5. The zero-order chi connectivity index (χ0) is 13.8. The van der Waals surface area contributed by atoms with Gasteiger partial charge in [0.05, 0.1) is 12.3 Å². The fourth-order valence-corrected chi connectivity index (χ4v) is 2.98. The number of hydrogen-bond acceptors (Lipinski definition) is 4. The van der Waals surface area contributed by atoms with Gasteiger partial charge in [0.25, 0.3) is 0 Å². The quantitative estimate of drug-likeness (QED) is 0.913. The highest BCUT2D eigenvalue weighted by atomic mass is 32.1. The molecular formula is C14H17FN2OS. The Morgan fingerprint density at radius 3 is 2.79 bits per heavy atom. The Balaban J connectivity index is 2.41. The van der Waals surface area contributed by atoms with Gasteiger partial charge in [-0.15, -0.1) is 11.3 Å². The smallest absolute Gasteiger partial charge is 0.124 e. The van der Waals surface area contributed by atoms with Gasteiger partial charge in [0, 0.05) is 24.1 Å². The summed E-state index contributed by atoms with van der Waals surface area (Å²) in [6.07, 6.45) is 0. The fourth-order valence-electron chi connectivity index (χ4n) is 1.91. The molecule has 1 aromatic heterocycles. The van der Waals surface area contributed by atoms with Gasteiger partial charge in [0.2, 0.25) is 0 Å². The van der Waals surface area contributed by atoms with Crippen molar-refractivity contribution in [3.05, 3.63) is 40.2 Å². The summed E-state index contributed by atoms with van der Waals surface area (Å²) >= 11 is 1.57. The van der Waals surface area contributed by atoms with E-state index in [4.69, 9.17) is 4.74 Å². The van der Waals surface area contributed by atoms with Crippen molar-refractivity contribution in [3.63, 3.8) is 0 Å². The van der Waals surface area contributed by atoms with Crippen LogP contribution in [0.4, 0.5) is 4.39 Å². The molecule has 0 radical (unpaired) electrons. The van der Waals surface area contributed by atoms with E-state index in [1.807, 2.05) is 20.0 Å². The van der Waals surface area contributed by atoms with Crippen molar-refractivity contribution in [1.82, 2.24) is 10.3 Å². The SMILES string of the molecule is CNCc1sc(-c2cc(C)cc(F)c2)nc1COC. The first kappa shape index (κ1) is 14.1. The molecule has 0 atom stereocenters. The number of methoxy groups -OCH3 is 1. The molecule has 1 N–H and O–H groups in total. The van der Waals surface area contributed by atoms with Crippen LogP contribution in [0.5, 0.6) is 0 Å². The van der Waals surface area contributed by atoms with Gasteiger partial charge in [-0.2, -0.15) is 0 Å². The Kier molecular flexibility index (Phi) is 4.63. The van der Waals surface area contributed by atoms with Crippen LogP contribution < -0.4 is 5.32 Å². The number of aryl methyl sites for hydroxylation is 1. The maximum absolute atomic E-state index is 13.5. The lowest BCUT2D eigenvalue weighted by molar-refractivity contribution is 0.181. The van der Waals surface area contributed by atoms with Crippen molar-refractivity contribution in [3.8, 4) is 10.6 Å². The molecule has 2 aromatic rings. The van der Waals surface area contributed by atoms with E-state index in [-0.39, 0.29) is 5.82 Å². The summed E-state index contributed by atoms with van der Waals surface area (Å²) in [5.41, 5.74) is 2.63. The van der Waals surface area contributed by atoms with Gasteiger partial charge >= 0.3 is 0 Å². The molecule has 0 spiro atoms. The summed E-state index contributed by atoms with van der Waals surface area (Å²) in [6, 6.07) is 4.98. The molecule has 0 bridgehead atoms. The van der Waals surface area contributed by atoms with E-state index in [0.717, 1.165) is 33.3 Å². The third kappa shape index (κ3) is 3.37. The molecule has 5 heteroatoms. The minimum atomic E-state index is -0.228. The molecule has 0 saturated carbocycles. The Hall–Kier alpha value is -1.30. The minimum Gasteiger partial charge on any atom is -0.378 e. The van der Waals surface area contributed by atoms with Gasteiger partial charge in [0.15, 0.2) is 0 Å². The standard InChI is InChI=1S/C14H17FN2OS/c1-9-4-10(6-11(15)5-9)14-17-12(8-18-3)13(19-14)7-16-2/h4-6,16H,7-8H2,1-3H3. The Morgan fingerprint density at radius 2 is 2.16 bits per heavy atom. The van der Waals surface area contributed by atoms with Crippen LogP contribution in [0.3, 0.4) is 0 Å². The molecule has 102 valence electrons. The highest BCUT2D eigenvalue weighted by Gasteiger charge is 2.12. The van der Waals surface area contributed by atoms with Gasteiger partial charge in [-0.3, -0.25) is 0 Å². The van der Waals surface area contributed by atoms with Crippen molar-refractivity contribution in [2.45, 2.75) is 20.1 Å². The molecule has 19 heavy (non-hydrogen) atoms. The lowest BCUT2D eigenvalue weighted by atomic mass is 10.1. The van der Waals surface area contributed by atoms with Crippen molar-refractivity contribution < 1.29 is 9.13 Å². The molecule has 1 aromatic carbocycles. The first-order valence-corrected chi connectivity index (χ1v) is 6.85. The van der Waals surface area contributed by atoms with Crippen LogP contribution in [0.15, 0.2) is 18.2 Å². The molecule has 1 heterocycles. The molecule has 0 aliphatic heterocycles. The summed E-state index contributed by atoms with van der Waals surface area (Å²) in [4.78, 5) is 5.68. The van der Waals surface area contributed by atoms with Crippen molar-refractivity contribution in [2.24, 2.45) is 0 Å². The lowest BCUT2D eigenvalue weighted by Crippen LogP contribution is -2.06. The third-order valence-electron chi connectivity index (χ3n) is 2.69. The highest BCUT2D eigenvalue weighted by molar-refractivity contribution is 7.15. The lowest BCUT2D eigenvalue weighted by Gasteiger charge is -1.99. The van der Waals surface area contributed by atoms with Crippen molar-refractivity contribution in [1.29, 1.82) is 0 Å². The Morgan fingerprint density at radius 1 is 1.37 bits per heavy atom. The van der Waals surface area contributed by atoms with E-state index in [9.17, 15) is 4.39 Å². The Labute approximate surface area is 116 Å². The van der Waals surface area contributed by atoms with Gasteiger partial charge in [-0.05, 0) is 37.7 Å². The van der Waals surface area contributed by atoms with Crippen LogP contribution in [0.1, 0.15) is 16.1 Å². The monoisotopic (exact) mass is 280 g/mol. The van der Waals surface area contributed by atoms with E-state index in [1.54, 1.807) is 18.4 Å². The molecule has 0 saturated heterocycles. The third-order valence-corrected chi connectivity index (χ3v) is 3.83.